The first-order chi connectivity index (χ1) is 13.8. The van der Waals surface area contributed by atoms with Gasteiger partial charge in [0.05, 0.1) is 4.90 Å². The molecule has 0 fully saturated rings. The monoisotopic (exact) mass is 451 g/mol. The second-order valence-electron chi connectivity index (χ2n) is 8.71. The van der Waals surface area contributed by atoms with Gasteiger partial charge < -0.3 is 4.74 Å². The molecule has 0 saturated carbocycles. The Balaban J connectivity index is 2.56. The SMILES string of the molecule is Cc1ccc(S(=O)(=O)N(Cc2ccc(Cl)cc2)[C@H](C(=O)OC(C)(C)C)C(C)C)cc1. The van der Waals surface area contributed by atoms with Crippen LogP contribution in [0.5, 0.6) is 0 Å². The standard InChI is InChI=1S/C23H30ClNO4S/c1-16(2)21(22(26)29-23(4,5)6)25(15-18-9-11-19(24)12-10-18)30(27,28)20-13-7-17(3)8-14-20/h7-14,16,21H,15H2,1-6H3/t21-/m0/s1. The fourth-order valence-corrected chi connectivity index (χ4v) is 4.86. The number of carbonyl (C=O) groups excluding carboxylic acids is 1. The first kappa shape index (κ1) is 24.4. The summed E-state index contributed by atoms with van der Waals surface area (Å²) in [5, 5.41) is 0.555. The van der Waals surface area contributed by atoms with Crippen molar-refractivity contribution >= 4 is 27.6 Å². The fraction of sp³-hybridized carbons (Fsp3) is 0.435. The van der Waals surface area contributed by atoms with Crippen LogP contribution in [0.15, 0.2) is 53.4 Å². The van der Waals surface area contributed by atoms with Crippen molar-refractivity contribution in [3.8, 4) is 0 Å². The number of carbonyl (C=O) groups is 1. The Hall–Kier alpha value is -1.89. The number of hydrogen-bond acceptors (Lipinski definition) is 4. The van der Waals surface area contributed by atoms with E-state index in [1.54, 1.807) is 69.3 Å². The van der Waals surface area contributed by atoms with Crippen LogP contribution in [0.3, 0.4) is 0 Å². The molecule has 0 heterocycles. The van der Waals surface area contributed by atoms with Crippen molar-refractivity contribution < 1.29 is 17.9 Å². The summed E-state index contributed by atoms with van der Waals surface area (Å²) in [5.41, 5.74) is 0.944. The summed E-state index contributed by atoms with van der Waals surface area (Å²) in [7, 11) is -3.97. The first-order valence-electron chi connectivity index (χ1n) is 9.87. The van der Waals surface area contributed by atoms with Crippen LogP contribution < -0.4 is 0 Å². The van der Waals surface area contributed by atoms with Crippen molar-refractivity contribution in [3.05, 3.63) is 64.7 Å². The molecule has 2 rings (SSSR count). The fourth-order valence-electron chi connectivity index (χ4n) is 3.03. The Labute approximate surface area is 185 Å². The van der Waals surface area contributed by atoms with Crippen LogP contribution in [0, 0.1) is 12.8 Å². The smallest absolute Gasteiger partial charge is 0.325 e. The van der Waals surface area contributed by atoms with Crippen LogP contribution in [-0.4, -0.2) is 30.3 Å². The summed E-state index contributed by atoms with van der Waals surface area (Å²) >= 11 is 5.98. The lowest BCUT2D eigenvalue weighted by atomic mass is 10.0. The molecule has 164 valence electrons. The van der Waals surface area contributed by atoms with Gasteiger partial charge in [-0.3, -0.25) is 4.79 Å². The van der Waals surface area contributed by atoms with Gasteiger partial charge in [-0.05, 0) is 63.4 Å². The Morgan fingerprint density at radius 1 is 1.03 bits per heavy atom. The van der Waals surface area contributed by atoms with E-state index in [9.17, 15) is 13.2 Å². The van der Waals surface area contributed by atoms with Gasteiger partial charge in [0.1, 0.15) is 11.6 Å². The lowest BCUT2D eigenvalue weighted by Crippen LogP contribution is -2.49. The van der Waals surface area contributed by atoms with Gasteiger partial charge in [-0.2, -0.15) is 4.31 Å². The lowest BCUT2D eigenvalue weighted by molar-refractivity contribution is -0.161. The minimum Gasteiger partial charge on any atom is -0.459 e. The molecule has 5 nitrogen and oxygen atoms in total. The molecule has 0 N–H and O–H groups in total. The van der Waals surface area contributed by atoms with Crippen LogP contribution in [0.2, 0.25) is 5.02 Å². The van der Waals surface area contributed by atoms with Crippen LogP contribution >= 0.6 is 11.6 Å². The molecule has 2 aromatic carbocycles. The molecule has 0 amide bonds. The maximum atomic E-state index is 13.6. The molecule has 0 bridgehead atoms. The number of ether oxygens (including phenoxy) is 1. The van der Waals surface area contributed by atoms with Gasteiger partial charge in [0.2, 0.25) is 10.0 Å². The number of aryl methyl sites for hydroxylation is 1. The lowest BCUT2D eigenvalue weighted by Gasteiger charge is -2.34. The highest BCUT2D eigenvalue weighted by Gasteiger charge is 2.40. The normalized spacial score (nSPS) is 13.5. The van der Waals surface area contributed by atoms with Crippen molar-refractivity contribution in [3.63, 3.8) is 0 Å². The van der Waals surface area contributed by atoms with Crippen LogP contribution in [-0.2, 0) is 26.1 Å². The minimum absolute atomic E-state index is 0.0233. The number of halogens is 1. The zero-order valence-electron chi connectivity index (χ0n) is 18.3. The van der Waals surface area contributed by atoms with Crippen molar-refractivity contribution in [1.82, 2.24) is 4.31 Å². The topological polar surface area (TPSA) is 63.7 Å². The van der Waals surface area contributed by atoms with E-state index in [0.29, 0.717) is 5.02 Å². The molecule has 0 saturated heterocycles. The molecule has 7 heteroatoms. The van der Waals surface area contributed by atoms with E-state index >= 15 is 0 Å². The minimum atomic E-state index is -3.97. The number of nitrogens with zero attached hydrogens (tertiary/aromatic N) is 1. The zero-order valence-corrected chi connectivity index (χ0v) is 19.9. The van der Waals surface area contributed by atoms with E-state index in [1.165, 1.54) is 4.31 Å². The van der Waals surface area contributed by atoms with E-state index in [2.05, 4.69) is 0 Å². The molecule has 0 radical (unpaired) electrons. The Kier molecular flexibility index (Phi) is 7.72. The third kappa shape index (κ3) is 6.30. The molecule has 0 aliphatic carbocycles. The maximum absolute atomic E-state index is 13.6. The van der Waals surface area contributed by atoms with Gasteiger partial charge in [-0.1, -0.05) is 55.3 Å². The Morgan fingerprint density at radius 3 is 2.03 bits per heavy atom. The van der Waals surface area contributed by atoms with Gasteiger partial charge in [0.15, 0.2) is 0 Å². The molecule has 30 heavy (non-hydrogen) atoms. The second kappa shape index (κ2) is 9.50. The molecule has 0 aliphatic heterocycles. The number of esters is 1. The first-order valence-corrected chi connectivity index (χ1v) is 11.7. The third-order valence-electron chi connectivity index (χ3n) is 4.47. The van der Waals surface area contributed by atoms with Gasteiger partial charge in [-0.15, -0.1) is 0 Å². The Morgan fingerprint density at radius 2 is 1.57 bits per heavy atom. The van der Waals surface area contributed by atoms with E-state index in [0.717, 1.165) is 11.1 Å². The molecule has 1 atom stereocenters. The van der Waals surface area contributed by atoms with E-state index < -0.39 is 27.6 Å². The van der Waals surface area contributed by atoms with Crippen molar-refractivity contribution in [2.75, 3.05) is 0 Å². The van der Waals surface area contributed by atoms with E-state index in [4.69, 9.17) is 16.3 Å². The Bertz CT molecular complexity index is 962. The largest absolute Gasteiger partial charge is 0.459 e. The second-order valence-corrected chi connectivity index (χ2v) is 11.0. The molecule has 0 spiro atoms. The molecule has 0 aliphatic rings. The van der Waals surface area contributed by atoms with Crippen LogP contribution in [0.1, 0.15) is 45.7 Å². The molecule has 2 aromatic rings. The highest BCUT2D eigenvalue weighted by Crippen LogP contribution is 2.27. The van der Waals surface area contributed by atoms with Gasteiger partial charge >= 0.3 is 5.97 Å². The predicted molar refractivity (Wildman–Crippen MR) is 120 cm³/mol. The molecule has 0 unspecified atom stereocenters. The summed E-state index contributed by atoms with van der Waals surface area (Å²) < 4.78 is 34.1. The molecule has 0 aromatic heterocycles. The summed E-state index contributed by atoms with van der Waals surface area (Å²) in [6.07, 6.45) is 0. The summed E-state index contributed by atoms with van der Waals surface area (Å²) in [4.78, 5) is 13.2. The van der Waals surface area contributed by atoms with E-state index in [-0.39, 0.29) is 17.4 Å². The maximum Gasteiger partial charge on any atom is 0.325 e. The van der Waals surface area contributed by atoms with Crippen molar-refractivity contribution in [1.29, 1.82) is 0 Å². The average molecular weight is 452 g/mol. The number of hydrogen-bond donors (Lipinski definition) is 0. The van der Waals surface area contributed by atoms with Crippen LogP contribution in [0.4, 0.5) is 0 Å². The average Bonchev–Trinajstić information content (AvgIpc) is 2.61. The van der Waals surface area contributed by atoms with Crippen LogP contribution in [0.25, 0.3) is 0 Å². The number of rotatable bonds is 7. The quantitative estimate of drug-likeness (QED) is 0.542. The third-order valence-corrected chi connectivity index (χ3v) is 6.56. The zero-order chi connectivity index (χ0) is 22.7. The summed E-state index contributed by atoms with van der Waals surface area (Å²) in [6.45, 7) is 10.8. The number of sulfonamides is 1. The van der Waals surface area contributed by atoms with Gasteiger partial charge in [-0.25, -0.2) is 8.42 Å². The van der Waals surface area contributed by atoms with Gasteiger partial charge in [0.25, 0.3) is 0 Å². The summed E-state index contributed by atoms with van der Waals surface area (Å²) in [6, 6.07) is 12.5. The predicted octanol–water partition coefficient (Wildman–Crippen LogP) is 5.21. The van der Waals surface area contributed by atoms with E-state index in [1.807, 2.05) is 20.8 Å². The van der Waals surface area contributed by atoms with Crippen molar-refractivity contribution in [2.24, 2.45) is 5.92 Å². The number of benzene rings is 2. The van der Waals surface area contributed by atoms with Gasteiger partial charge in [0, 0.05) is 11.6 Å². The highest BCUT2D eigenvalue weighted by molar-refractivity contribution is 7.89. The molecular weight excluding hydrogens is 422 g/mol. The highest BCUT2D eigenvalue weighted by atomic mass is 35.5. The van der Waals surface area contributed by atoms with Crippen molar-refractivity contribution in [2.45, 2.75) is 64.6 Å². The molecular formula is C23H30ClNO4S. The summed E-state index contributed by atoms with van der Waals surface area (Å²) in [5.74, 6) is -0.866.